The van der Waals surface area contributed by atoms with Gasteiger partial charge in [0.2, 0.25) is 0 Å². The summed E-state index contributed by atoms with van der Waals surface area (Å²) in [5, 5.41) is 12.7. The van der Waals surface area contributed by atoms with Crippen molar-refractivity contribution in [2.75, 3.05) is 6.54 Å². The van der Waals surface area contributed by atoms with Crippen LogP contribution in [0.4, 0.5) is 0 Å². The predicted molar refractivity (Wildman–Crippen MR) is 78.9 cm³/mol. The number of nitrogens with one attached hydrogen (secondary N) is 1. The van der Waals surface area contributed by atoms with E-state index in [0.717, 1.165) is 25.3 Å². The van der Waals surface area contributed by atoms with Crippen LogP contribution in [0, 0.1) is 17.2 Å². The molecule has 1 N–H and O–H groups in total. The van der Waals surface area contributed by atoms with Crippen molar-refractivity contribution in [3.63, 3.8) is 0 Å². The lowest BCUT2D eigenvalue weighted by Gasteiger charge is -2.32. The second-order valence-electron chi connectivity index (χ2n) is 6.42. The molecule has 19 heavy (non-hydrogen) atoms. The van der Waals surface area contributed by atoms with Gasteiger partial charge in [-0.05, 0) is 45.6 Å². The van der Waals surface area contributed by atoms with Gasteiger partial charge in [-0.1, -0.05) is 26.7 Å². The Hall–Kier alpha value is -0.590. The SMILES string of the molecule is CCCNC(C)(C#N)CC(C)OC1CCCC(C)C1. The molecule has 1 fully saturated rings. The molecule has 0 aliphatic heterocycles. The average molecular weight is 266 g/mol. The molecule has 0 saturated heterocycles. The minimum absolute atomic E-state index is 0.143. The Morgan fingerprint density at radius 3 is 2.79 bits per heavy atom. The molecule has 0 spiro atoms. The highest BCUT2D eigenvalue weighted by atomic mass is 16.5. The third-order valence-electron chi connectivity index (χ3n) is 4.02. The Bertz CT molecular complexity index is 300. The first kappa shape index (κ1) is 16.5. The van der Waals surface area contributed by atoms with Crippen LogP contribution in [-0.2, 0) is 4.74 Å². The molecule has 4 atom stereocenters. The van der Waals surface area contributed by atoms with Gasteiger partial charge in [0.1, 0.15) is 5.54 Å². The summed E-state index contributed by atoms with van der Waals surface area (Å²) in [5.74, 6) is 0.784. The zero-order valence-electron chi connectivity index (χ0n) is 13.0. The van der Waals surface area contributed by atoms with Crippen LogP contribution in [0.15, 0.2) is 0 Å². The monoisotopic (exact) mass is 266 g/mol. The Morgan fingerprint density at radius 2 is 2.21 bits per heavy atom. The third kappa shape index (κ3) is 5.93. The maximum absolute atomic E-state index is 9.34. The Kier molecular flexibility index (Phi) is 6.82. The molecule has 3 heteroatoms. The van der Waals surface area contributed by atoms with Gasteiger partial charge in [0.15, 0.2) is 0 Å². The summed E-state index contributed by atoms with van der Waals surface area (Å²) in [6.07, 6.45) is 7.32. The topological polar surface area (TPSA) is 45.0 Å². The third-order valence-corrected chi connectivity index (χ3v) is 4.02. The summed E-state index contributed by atoms with van der Waals surface area (Å²) >= 11 is 0. The van der Waals surface area contributed by atoms with Crippen molar-refractivity contribution in [3.05, 3.63) is 0 Å². The Balaban J connectivity index is 2.40. The number of nitrogens with zero attached hydrogens (tertiary/aromatic N) is 1. The van der Waals surface area contributed by atoms with E-state index in [-0.39, 0.29) is 6.10 Å². The lowest BCUT2D eigenvalue weighted by molar-refractivity contribution is -0.0397. The fourth-order valence-electron chi connectivity index (χ4n) is 3.01. The molecule has 1 aliphatic carbocycles. The maximum Gasteiger partial charge on any atom is 0.106 e. The summed E-state index contributed by atoms with van der Waals surface area (Å²) in [7, 11) is 0. The van der Waals surface area contributed by atoms with Gasteiger partial charge < -0.3 is 4.74 Å². The van der Waals surface area contributed by atoms with Crippen LogP contribution in [0.5, 0.6) is 0 Å². The van der Waals surface area contributed by atoms with E-state index in [1.165, 1.54) is 25.7 Å². The van der Waals surface area contributed by atoms with Crippen LogP contribution in [0.3, 0.4) is 0 Å². The first-order valence-corrected chi connectivity index (χ1v) is 7.81. The van der Waals surface area contributed by atoms with Crippen LogP contribution >= 0.6 is 0 Å². The first-order valence-electron chi connectivity index (χ1n) is 7.81. The van der Waals surface area contributed by atoms with Crippen molar-refractivity contribution in [3.8, 4) is 6.07 Å². The normalized spacial score (nSPS) is 28.4. The number of ether oxygens (including phenoxy) is 1. The van der Waals surface area contributed by atoms with E-state index < -0.39 is 5.54 Å². The van der Waals surface area contributed by atoms with Crippen LogP contribution in [-0.4, -0.2) is 24.3 Å². The van der Waals surface area contributed by atoms with Crippen molar-refractivity contribution < 1.29 is 4.74 Å². The molecule has 3 nitrogen and oxygen atoms in total. The number of nitriles is 1. The fourth-order valence-corrected chi connectivity index (χ4v) is 3.01. The van der Waals surface area contributed by atoms with Gasteiger partial charge in [-0.25, -0.2) is 0 Å². The lowest BCUT2D eigenvalue weighted by atomic mass is 9.88. The summed E-state index contributed by atoms with van der Waals surface area (Å²) < 4.78 is 6.15. The molecular weight excluding hydrogens is 236 g/mol. The van der Waals surface area contributed by atoms with Gasteiger partial charge in [0, 0.05) is 6.42 Å². The van der Waals surface area contributed by atoms with Gasteiger partial charge in [-0.3, -0.25) is 5.32 Å². The smallest absolute Gasteiger partial charge is 0.106 e. The second kappa shape index (κ2) is 7.87. The molecule has 1 rings (SSSR count). The molecule has 0 amide bonds. The molecule has 0 aromatic heterocycles. The Morgan fingerprint density at radius 1 is 1.47 bits per heavy atom. The van der Waals surface area contributed by atoms with Crippen LogP contribution in [0.25, 0.3) is 0 Å². The first-order chi connectivity index (χ1) is 8.99. The molecule has 0 heterocycles. The highest BCUT2D eigenvalue weighted by Crippen LogP contribution is 2.27. The van der Waals surface area contributed by atoms with Gasteiger partial charge >= 0.3 is 0 Å². The summed E-state index contributed by atoms with van der Waals surface area (Å²) in [5.41, 5.74) is -0.463. The molecule has 0 bridgehead atoms. The van der Waals surface area contributed by atoms with E-state index in [2.05, 4.69) is 32.2 Å². The largest absolute Gasteiger partial charge is 0.375 e. The lowest BCUT2D eigenvalue weighted by Crippen LogP contribution is -2.44. The maximum atomic E-state index is 9.34. The van der Waals surface area contributed by atoms with Crippen LogP contribution in [0.2, 0.25) is 0 Å². The second-order valence-corrected chi connectivity index (χ2v) is 6.42. The van der Waals surface area contributed by atoms with Gasteiger partial charge in [-0.2, -0.15) is 5.26 Å². The van der Waals surface area contributed by atoms with Crippen molar-refractivity contribution in [1.29, 1.82) is 5.26 Å². The Labute approximate surface area is 118 Å². The van der Waals surface area contributed by atoms with E-state index in [4.69, 9.17) is 4.74 Å². The minimum Gasteiger partial charge on any atom is -0.375 e. The predicted octanol–water partition coefficient (Wildman–Crippen LogP) is 3.64. The van der Waals surface area contributed by atoms with Gasteiger partial charge in [-0.15, -0.1) is 0 Å². The highest BCUT2D eigenvalue weighted by molar-refractivity contribution is 5.04. The highest BCUT2D eigenvalue weighted by Gasteiger charge is 2.28. The number of hydrogen-bond acceptors (Lipinski definition) is 3. The summed E-state index contributed by atoms with van der Waals surface area (Å²) in [6, 6.07) is 2.40. The quantitative estimate of drug-likeness (QED) is 0.765. The fraction of sp³-hybridized carbons (Fsp3) is 0.938. The summed E-state index contributed by atoms with van der Waals surface area (Å²) in [6.45, 7) is 9.39. The van der Waals surface area contributed by atoms with Crippen molar-refractivity contribution >= 4 is 0 Å². The van der Waals surface area contributed by atoms with E-state index in [1.54, 1.807) is 0 Å². The van der Waals surface area contributed by atoms with Crippen LogP contribution < -0.4 is 5.32 Å². The van der Waals surface area contributed by atoms with Crippen LogP contribution in [0.1, 0.15) is 66.2 Å². The minimum atomic E-state index is -0.463. The van der Waals surface area contributed by atoms with E-state index in [9.17, 15) is 5.26 Å². The molecular formula is C16H30N2O. The molecule has 0 radical (unpaired) electrons. The standard InChI is InChI=1S/C16H30N2O/c1-5-9-18-16(4,12-17)11-14(3)19-15-8-6-7-13(2)10-15/h13-15,18H,5-11H2,1-4H3. The number of rotatable bonds is 7. The van der Waals surface area contributed by atoms with Crippen molar-refractivity contribution in [2.24, 2.45) is 5.92 Å². The molecule has 110 valence electrons. The van der Waals surface area contributed by atoms with Gasteiger partial charge in [0.25, 0.3) is 0 Å². The molecule has 0 aromatic rings. The molecule has 1 aliphatic rings. The molecule has 1 saturated carbocycles. The van der Waals surface area contributed by atoms with Crippen molar-refractivity contribution in [2.45, 2.75) is 84.0 Å². The zero-order valence-corrected chi connectivity index (χ0v) is 13.0. The average Bonchev–Trinajstić information content (AvgIpc) is 2.36. The zero-order chi connectivity index (χ0) is 14.3. The van der Waals surface area contributed by atoms with E-state index in [1.807, 2.05) is 6.92 Å². The van der Waals surface area contributed by atoms with Gasteiger partial charge in [0.05, 0.1) is 18.3 Å². The number of hydrogen-bond donors (Lipinski definition) is 1. The molecule has 4 unspecified atom stereocenters. The molecule has 0 aromatic carbocycles. The van der Waals surface area contributed by atoms with E-state index in [0.29, 0.717) is 6.10 Å². The van der Waals surface area contributed by atoms with E-state index >= 15 is 0 Å². The summed E-state index contributed by atoms with van der Waals surface area (Å²) in [4.78, 5) is 0. The van der Waals surface area contributed by atoms with Crippen molar-refractivity contribution in [1.82, 2.24) is 5.32 Å².